The summed E-state index contributed by atoms with van der Waals surface area (Å²) in [6.07, 6.45) is 19.7. The van der Waals surface area contributed by atoms with Crippen LogP contribution in [0.4, 0.5) is 0 Å². The second kappa shape index (κ2) is 14.4. The molecule has 252 valence electrons. The van der Waals surface area contributed by atoms with E-state index in [0.29, 0.717) is 0 Å². The van der Waals surface area contributed by atoms with Crippen molar-refractivity contribution in [3.8, 4) is 22.3 Å². The summed E-state index contributed by atoms with van der Waals surface area (Å²) in [5.74, 6) is 1.56. The number of fused-ring (bicyclic) bond motifs is 2. The SMILES string of the molecule is Cc1ccc(-c2cccc3c2C=C(C2CCCCC2)[CH]3[Zr+2]2([CH]3C(C4CCCCC4)=Cc4c(-c5ccc(C)cc5)cccc43)[CH2][CH2]2)cc1.[Cl-].[Cl-]. The van der Waals surface area contributed by atoms with Crippen molar-refractivity contribution in [2.75, 3.05) is 0 Å². The molecule has 0 bridgehead atoms. The molecule has 4 aliphatic carbocycles. The Labute approximate surface area is 312 Å². The average Bonchev–Trinajstić information content (AvgIpc) is 3.64. The van der Waals surface area contributed by atoms with Crippen molar-refractivity contribution in [3.63, 3.8) is 0 Å². The van der Waals surface area contributed by atoms with E-state index in [2.05, 4.69) is 111 Å². The molecule has 0 N–H and O–H groups in total. The Morgan fingerprint density at radius 3 is 1.22 bits per heavy atom. The van der Waals surface area contributed by atoms with E-state index in [-0.39, 0.29) is 24.8 Å². The third kappa shape index (κ3) is 6.23. The minimum Gasteiger partial charge on any atom is -1.00 e. The van der Waals surface area contributed by atoms with Crippen LogP contribution in [0.25, 0.3) is 34.4 Å². The number of benzene rings is 4. The van der Waals surface area contributed by atoms with Crippen LogP contribution in [0.2, 0.25) is 8.26 Å². The van der Waals surface area contributed by atoms with Gasteiger partial charge in [0, 0.05) is 0 Å². The molecule has 49 heavy (non-hydrogen) atoms. The third-order valence-electron chi connectivity index (χ3n) is 13.0. The van der Waals surface area contributed by atoms with Crippen molar-refractivity contribution in [1.82, 2.24) is 0 Å². The zero-order valence-corrected chi connectivity index (χ0v) is 33.3. The van der Waals surface area contributed by atoms with E-state index >= 15 is 0 Å². The molecule has 0 amide bonds. The van der Waals surface area contributed by atoms with Crippen LogP contribution in [0.5, 0.6) is 0 Å². The first-order valence-electron chi connectivity index (χ1n) is 18.9. The van der Waals surface area contributed by atoms with E-state index < -0.39 is 20.3 Å². The maximum absolute atomic E-state index is 2.84. The van der Waals surface area contributed by atoms with E-state index in [4.69, 9.17) is 0 Å². The Morgan fingerprint density at radius 2 is 0.857 bits per heavy atom. The Bertz CT molecular complexity index is 1730. The molecule has 0 aromatic heterocycles. The number of hydrogen-bond acceptors (Lipinski definition) is 0. The number of aryl methyl sites for hydroxylation is 2. The predicted octanol–water partition coefficient (Wildman–Crippen LogP) is 7.39. The van der Waals surface area contributed by atoms with E-state index in [9.17, 15) is 0 Å². The predicted molar refractivity (Wildman–Crippen MR) is 197 cm³/mol. The van der Waals surface area contributed by atoms with Crippen LogP contribution in [-0.4, -0.2) is 0 Å². The molecule has 0 spiro atoms. The number of rotatable bonds is 6. The molecule has 2 unspecified atom stereocenters. The fraction of sp³-hybridized carbons (Fsp3) is 0.391. The smallest absolute Gasteiger partial charge is 1.00 e. The van der Waals surface area contributed by atoms with Gasteiger partial charge >= 0.3 is 290 Å². The standard InChI is InChI=1S/2C22H23.C2H4.2ClH.Zr/c2*1-16-10-12-18(13-11-16)21-9-5-8-19-14-20(15-22(19)21)17-6-3-2-4-7-17;1-2;;;/h2*5,8-15,17H,2-4,6-7H2,1H3;1-2H2;2*1H;/q;;;;;+2/p-2. The quantitative estimate of drug-likeness (QED) is 0.192. The van der Waals surface area contributed by atoms with Gasteiger partial charge in [0.05, 0.1) is 0 Å². The van der Waals surface area contributed by atoms with Crippen molar-refractivity contribution in [2.45, 2.75) is 93.6 Å². The number of hydrogen-bond donors (Lipinski definition) is 0. The fourth-order valence-corrected chi connectivity index (χ4v) is 28.3. The Balaban J connectivity index is 0.00000189. The van der Waals surface area contributed by atoms with E-state index in [1.165, 1.54) is 97.6 Å². The van der Waals surface area contributed by atoms with Crippen LogP contribution in [0.1, 0.15) is 105 Å². The maximum atomic E-state index is 2.78. The van der Waals surface area contributed by atoms with Crippen molar-refractivity contribution in [2.24, 2.45) is 11.8 Å². The average molecular weight is 765 g/mol. The summed E-state index contributed by atoms with van der Waals surface area (Å²) >= 11 is -2.84. The Kier molecular flexibility index (Phi) is 10.4. The molecule has 0 nitrogen and oxygen atoms in total. The van der Waals surface area contributed by atoms with Gasteiger partial charge in [0.15, 0.2) is 0 Å². The molecule has 2 saturated carbocycles. The van der Waals surface area contributed by atoms with Crippen LogP contribution >= 0.6 is 0 Å². The molecule has 2 atom stereocenters. The van der Waals surface area contributed by atoms with Crippen LogP contribution in [0.15, 0.2) is 96.1 Å². The Morgan fingerprint density at radius 1 is 0.469 bits per heavy atom. The molecular formula is C46H50Cl2Zr. The second-order valence-electron chi connectivity index (χ2n) is 15.9. The van der Waals surface area contributed by atoms with Gasteiger partial charge in [0.25, 0.3) is 0 Å². The summed E-state index contributed by atoms with van der Waals surface area (Å²) < 4.78 is 4.58. The topological polar surface area (TPSA) is 0 Å². The number of halogens is 2. The molecule has 1 saturated heterocycles. The summed E-state index contributed by atoms with van der Waals surface area (Å²) in [6, 6.07) is 33.5. The maximum Gasteiger partial charge on any atom is -1.00 e. The van der Waals surface area contributed by atoms with Crippen LogP contribution in [0.3, 0.4) is 0 Å². The second-order valence-corrected chi connectivity index (χ2v) is 27.3. The van der Waals surface area contributed by atoms with Crippen LogP contribution < -0.4 is 24.8 Å². The van der Waals surface area contributed by atoms with Gasteiger partial charge < -0.3 is 24.8 Å². The normalized spacial score (nSPS) is 22.0. The van der Waals surface area contributed by atoms with E-state index in [1.54, 1.807) is 30.5 Å². The third-order valence-corrected chi connectivity index (χ3v) is 25.9. The minimum atomic E-state index is -2.84. The van der Waals surface area contributed by atoms with Gasteiger partial charge in [-0.05, 0) is 0 Å². The van der Waals surface area contributed by atoms with Gasteiger partial charge in [0.2, 0.25) is 0 Å². The summed E-state index contributed by atoms with van der Waals surface area (Å²) in [4.78, 5) is 0. The molecule has 3 fully saturated rings. The fourth-order valence-electron chi connectivity index (χ4n) is 10.6. The number of allylic oxidation sites excluding steroid dienone is 2. The molecule has 4 aromatic carbocycles. The van der Waals surface area contributed by atoms with Gasteiger partial charge in [-0.25, -0.2) is 0 Å². The van der Waals surface area contributed by atoms with Crippen LogP contribution in [-0.2, 0) is 20.3 Å². The molecule has 1 heterocycles. The summed E-state index contributed by atoms with van der Waals surface area (Å²) in [7, 11) is 0. The molecule has 0 radical (unpaired) electrons. The van der Waals surface area contributed by atoms with Crippen molar-refractivity contribution >= 4 is 12.2 Å². The van der Waals surface area contributed by atoms with Crippen molar-refractivity contribution in [1.29, 1.82) is 0 Å². The molecule has 4 aromatic rings. The zero-order chi connectivity index (χ0) is 31.5. The summed E-state index contributed by atoms with van der Waals surface area (Å²) in [6.45, 7) is 4.42. The van der Waals surface area contributed by atoms with Gasteiger partial charge in [-0.2, -0.15) is 0 Å². The van der Waals surface area contributed by atoms with Crippen molar-refractivity contribution in [3.05, 3.63) is 129 Å². The zero-order valence-electron chi connectivity index (χ0n) is 29.3. The Hall–Kier alpha value is -2.18. The summed E-state index contributed by atoms with van der Waals surface area (Å²) in [5, 5.41) is 0. The van der Waals surface area contributed by atoms with Gasteiger partial charge in [-0.1, -0.05) is 0 Å². The van der Waals surface area contributed by atoms with E-state index in [1.807, 2.05) is 11.1 Å². The first-order valence-corrected chi connectivity index (χ1v) is 25.2. The first kappa shape index (κ1) is 35.2. The van der Waals surface area contributed by atoms with Crippen LogP contribution in [0, 0.1) is 25.7 Å². The van der Waals surface area contributed by atoms with Gasteiger partial charge in [-0.3, -0.25) is 0 Å². The first-order chi connectivity index (χ1) is 23.1. The minimum absolute atomic E-state index is 0. The molecule has 1 aliphatic heterocycles. The van der Waals surface area contributed by atoms with Crippen molar-refractivity contribution < 1.29 is 45.1 Å². The molecule has 5 aliphatic rings. The van der Waals surface area contributed by atoms with E-state index in [0.717, 1.165) is 19.1 Å². The molecule has 3 heteroatoms. The summed E-state index contributed by atoms with van der Waals surface area (Å²) in [5.41, 5.74) is 18.8. The monoisotopic (exact) mass is 762 g/mol. The largest absolute Gasteiger partial charge is 1.00 e. The van der Waals surface area contributed by atoms with Gasteiger partial charge in [-0.15, -0.1) is 0 Å². The molecular weight excluding hydrogens is 715 g/mol. The van der Waals surface area contributed by atoms with Gasteiger partial charge in [0.1, 0.15) is 0 Å². The molecule has 9 rings (SSSR count).